The third-order valence-electron chi connectivity index (χ3n) is 5.29. The zero-order chi connectivity index (χ0) is 20.7. The number of carbonyl (C=O) groups excluding carboxylic acids is 1. The Morgan fingerprint density at radius 1 is 1.23 bits per heavy atom. The first kappa shape index (κ1) is 18.3. The molecule has 3 heterocycles. The number of benzene rings is 1. The molecule has 2 N–H and O–H groups in total. The average molecular weight is 404 g/mol. The number of aliphatic hydroxyl groups is 1. The first-order valence-electron chi connectivity index (χ1n) is 9.64. The van der Waals surface area contributed by atoms with Crippen LogP contribution in [0.5, 0.6) is 0 Å². The Balaban J connectivity index is 1.45. The number of carbonyl (C=O) groups is 1. The smallest absolute Gasteiger partial charge is 0.411 e. The lowest BCUT2D eigenvalue weighted by Crippen LogP contribution is -2.10. The van der Waals surface area contributed by atoms with Gasteiger partial charge in [-0.1, -0.05) is 11.3 Å². The van der Waals surface area contributed by atoms with Crippen molar-refractivity contribution in [3.63, 3.8) is 0 Å². The summed E-state index contributed by atoms with van der Waals surface area (Å²) in [5.74, 6) is 0.464. The SMILES string of the molecule is COC(=O)Nc1ccc(-n2cc([C@H](O)c3c(C4CC4)ccc4cncn34)nn2)cc1. The van der Waals surface area contributed by atoms with Crippen LogP contribution in [-0.4, -0.2) is 42.7 Å². The summed E-state index contributed by atoms with van der Waals surface area (Å²) in [5, 5.41) is 22.1. The maximum atomic E-state index is 11.3. The number of aliphatic hydroxyl groups excluding tert-OH is 1. The predicted molar refractivity (Wildman–Crippen MR) is 109 cm³/mol. The second-order valence-corrected chi connectivity index (χ2v) is 7.29. The van der Waals surface area contributed by atoms with Crippen molar-refractivity contribution in [1.82, 2.24) is 24.4 Å². The number of hydrogen-bond donors (Lipinski definition) is 2. The van der Waals surface area contributed by atoms with Crippen LogP contribution in [0.2, 0.25) is 0 Å². The number of methoxy groups -OCH3 is 1. The number of imidazole rings is 1. The molecule has 1 saturated carbocycles. The van der Waals surface area contributed by atoms with Gasteiger partial charge >= 0.3 is 6.09 Å². The first-order valence-corrected chi connectivity index (χ1v) is 9.64. The molecule has 1 amide bonds. The molecular weight excluding hydrogens is 384 g/mol. The molecule has 0 bridgehead atoms. The summed E-state index contributed by atoms with van der Waals surface area (Å²) in [7, 11) is 1.31. The fraction of sp³-hybridized carbons (Fsp3) is 0.238. The van der Waals surface area contributed by atoms with Gasteiger partial charge in [0.2, 0.25) is 0 Å². The Morgan fingerprint density at radius 3 is 2.77 bits per heavy atom. The minimum absolute atomic E-state index is 0.454. The van der Waals surface area contributed by atoms with Crippen molar-refractivity contribution < 1.29 is 14.6 Å². The van der Waals surface area contributed by atoms with E-state index in [1.54, 1.807) is 47.7 Å². The van der Waals surface area contributed by atoms with E-state index in [-0.39, 0.29) is 0 Å². The Labute approximate surface area is 171 Å². The topological polar surface area (TPSA) is 107 Å². The van der Waals surface area contributed by atoms with Crippen molar-refractivity contribution in [3.8, 4) is 5.69 Å². The van der Waals surface area contributed by atoms with Crippen molar-refractivity contribution in [2.45, 2.75) is 24.9 Å². The number of rotatable bonds is 5. The number of aromatic nitrogens is 5. The van der Waals surface area contributed by atoms with Gasteiger partial charge in [-0.05, 0) is 54.7 Å². The molecule has 0 saturated heterocycles. The van der Waals surface area contributed by atoms with E-state index in [0.717, 1.165) is 35.3 Å². The van der Waals surface area contributed by atoms with Crippen LogP contribution < -0.4 is 5.32 Å². The highest BCUT2D eigenvalue weighted by Gasteiger charge is 2.31. The summed E-state index contributed by atoms with van der Waals surface area (Å²) in [6.07, 6.45) is 5.99. The van der Waals surface area contributed by atoms with Crippen molar-refractivity contribution in [3.05, 3.63) is 72.1 Å². The van der Waals surface area contributed by atoms with E-state index in [2.05, 4.69) is 31.4 Å². The summed E-state index contributed by atoms with van der Waals surface area (Å²) >= 11 is 0. The molecule has 0 unspecified atom stereocenters. The largest absolute Gasteiger partial charge is 0.453 e. The van der Waals surface area contributed by atoms with Gasteiger partial charge in [0.15, 0.2) is 0 Å². The molecule has 30 heavy (non-hydrogen) atoms. The van der Waals surface area contributed by atoms with Gasteiger partial charge in [0, 0.05) is 5.69 Å². The molecule has 9 nitrogen and oxygen atoms in total. The molecule has 1 fully saturated rings. The van der Waals surface area contributed by atoms with E-state index in [4.69, 9.17) is 0 Å². The molecule has 3 aromatic heterocycles. The quantitative estimate of drug-likeness (QED) is 0.529. The molecule has 9 heteroatoms. The van der Waals surface area contributed by atoms with Crippen LogP contribution in [0.4, 0.5) is 10.5 Å². The Kier molecular flexibility index (Phi) is 4.44. The van der Waals surface area contributed by atoms with E-state index in [1.165, 1.54) is 7.11 Å². The normalized spacial score (nSPS) is 14.6. The van der Waals surface area contributed by atoms with Crippen molar-refractivity contribution in [2.75, 3.05) is 12.4 Å². The minimum atomic E-state index is -0.924. The second kappa shape index (κ2) is 7.27. The van der Waals surface area contributed by atoms with E-state index in [0.29, 0.717) is 17.3 Å². The van der Waals surface area contributed by atoms with Crippen LogP contribution in [-0.2, 0) is 4.74 Å². The summed E-state index contributed by atoms with van der Waals surface area (Å²) in [4.78, 5) is 15.5. The number of fused-ring (bicyclic) bond motifs is 1. The summed E-state index contributed by atoms with van der Waals surface area (Å²) in [6, 6.07) is 11.2. The second-order valence-electron chi connectivity index (χ2n) is 7.29. The van der Waals surface area contributed by atoms with E-state index < -0.39 is 12.2 Å². The molecule has 0 spiro atoms. The average Bonchev–Trinajstić information content (AvgIpc) is 3.29. The Bertz CT molecular complexity index is 1210. The Hall–Kier alpha value is -3.72. The van der Waals surface area contributed by atoms with Crippen LogP contribution in [0.15, 0.2) is 55.1 Å². The zero-order valence-electron chi connectivity index (χ0n) is 16.3. The number of amides is 1. The zero-order valence-corrected chi connectivity index (χ0v) is 16.3. The Morgan fingerprint density at radius 2 is 2.03 bits per heavy atom. The van der Waals surface area contributed by atoms with Gasteiger partial charge in [0.1, 0.15) is 11.8 Å². The summed E-state index contributed by atoms with van der Waals surface area (Å²) in [6.45, 7) is 0. The van der Waals surface area contributed by atoms with Gasteiger partial charge < -0.3 is 9.84 Å². The molecule has 1 aliphatic carbocycles. The molecule has 4 aromatic rings. The molecule has 1 aliphatic rings. The van der Waals surface area contributed by atoms with Crippen LogP contribution in [0, 0.1) is 0 Å². The summed E-state index contributed by atoms with van der Waals surface area (Å²) < 4.78 is 8.09. The van der Waals surface area contributed by atoms with E-state index in [9.17, 15) is 9.90 Å². The first-order chi connectivity index (χ1) is 14.6. The van der Waals surface area contributed by atoms with Crippen molar-refractivity contribution in [2.24, 2.45) is 0 Å². The number of hydrogen-bond acceptors (Lipinski definition) is 6. The number of anilines is 1. The number of nitrogens with one attached hydrogen (secondary N) is 1. The van der Waals surface area contributed by atoms with Gasteiger partial charge in [-0.15, -0.1) is 5.10 Å². The van der Waals surface area contributed by atoms with Crippen molar-refractivity contribution in [1.29, 1.82) is 0 Å². The number of ether oxygens (including phenoxy) is 1. The lowest BCUT2D eigenvalue weighted by atomic mass is 10.0. The molecule has 1 aromatic carbocycles. The van der Waals surface area contributed by atoms with Crippen LogP contribution in [0.3, 0.4) is 0 Å². The molecule has 5 rings (SSSR count). The third-order valence-corrected chi connectivity index (χ3v) is 5.29. The fourth-order valence-corrected chi connectivity index (χ4v) is 3.59. The fourth-order valence-electron chi connectivity index (χ4n) is 3.59. The molecule has 0 radical (unpaired) electrons. The van der Waals surface area contributed by atoms with Crippen LogP contribution in [0.1, 0.15) is 41.8 Å². The molecule has 1 atom stereocenters. The van der Waals surface area contributed by atoms with Crippen molar-refractivity contribution >= 4 is 17.3 Å². The van der Waals surface area contributed by atoms with Gasteiger partial charge in [0.25, 0.3) is 0 Å². The van der Waals surface area contributed by atoms with Crippen LogP contribution >= 0.6 is 0 Å². The monoisotopic (exact) mass is 404 g/mol. The van der Waals surface area contributed by atoms with Gasteiger partial charge in [-0.25, -0.2) is 14.5 Å². The van der Waals surface area contributed by atoms with Crippen LogP contribution in [0.25, 0.3) is 11.2 Å². The van der Waals surface area contributed by atoms with E-state index in [1.807, 2.05) is 10.5 Å². The highest BCUT2D eigenvalue weighted by Crippen LogP contribution is 2.43. The van der Waals surface area contributed by atoms with Gasteiger partial charge in [-0.2, -0.15) is 0 Å². The van der Waals surface area contributed by atoms with Gasteiger partial charge in [-0.3, -0.25) is 9.72 Å². The van der Waals surface area contributed by atoms with E-state index >= 15 is 0 Å². The maximum absolute atomic E-state index is 11.3. The highest BCUT2D eigenvalue weighted by molar-refractivity contribution is 5.84. The number of nitrogens with zero attached hydrogens (tertiary/aromatic N) is 5. The summed E-state index contributed by atoms with van der Waals surface area (Å²) in [5.41, 5.74) is 4.65. The third kappa shape index (κ3) is 3.29. The maximum Gasteiger partial charge on any atom is 0.411 e. The highest BCUT2D eigenvalue weighted by atomic mass is 16.5. The molecule has 152 valence electrons. The molecular formula is C21H20N6O3. The molecule has 0 aliphatic heterocycles. The predicted octanol–water partition coefficient (Wildman–Crippen LogP) is 3.05. The standard InChI is InChI=1S/C21H20N6O3/c1-30-21(29)23-14-4-6-15(7-5-14)27-11-18(24-25-27)20(28)19-17(13-2-3-13)9-8-16-10-22-12-26(16)19/h4-13,20,28H,2-3H2,1H3,(H,23,29)/t20-/m0/s1. The number of pyridine rings is 1. The lowest BCUT2D eigenvalue weighted by Gasteiger charge is -2.16. The van der Waals surface area contributed by atoms with Gasteiger partial charge in [0.05, 0.1) is 42.7 Å². The minimum Gasteiger partial charge on any atom is -0.453 e. The lowest BCUT2D eigenvalue weighted by molar-refractivity contribution is 0.187.